The molecule has 1 aromatic carbocycles. The van der Waals surface area contributed by atoms with Crippen molar-refractivity contribution in [2.24, 2.45) is 0 Å². The largest absolute Gasteiger partial charge is 0.286 e. The highest BCUT2D eigenvalue weighted by molar-refractivity contribution is 4.99. The predicted octanol–water partition coefficient (Wildman–Crippen LogP) is 2.73. The fourth-order valence-electron chi connectivity index (χ4n) is 0.600. The molecule has 0 atom stereocenters. The van der Waals surface area contributed by atoms with Crippen LogP contribution in [0.2, 0.25) is 0 Å². The number of nitrogens with zero attached hydrogens (tertiary/aromatic N) is 1. The zero-order chi connectivity index (χ0) is 7.78. The van der Waals surface area contributed by atoms with Gasteiger partial charge in [-0.2, -0.15) is 5.10 Å². The third-order valence-corrected chi connectivity index (χ3v) is 1.07. The molecule has 0 radical (unpaired) electrons. The Hall–Kier alpha value is -1.57. The average molecular weight is 162 g/mol. The summed E-state index contributed by atoms with van der Waals surface area (Å²) in [6.45, 7) is 0. The third-order valence-electron chi connectivity index (χ3n) is 1.07. The standard InChI is InChI=1S/C6H6.C3H4N2.CH4/c1-2-4-6-5-3-1;1-2-4-5-3-1;/h1-6H;1-3H,(H,4,5);1H4. The zero-order valence-electron chi connectivity index (χ0n) is 6.14. The molecule has 0 aliphatic rings. The van der Waals surface area contributed by atoms with Crippen LogP contribution in [0, 0.1) is 0 Å². The van der Waals surface area contributed by atoms with E-state index >= 15 is 0 Å². The van der Waals surface area contributed by atoms with Crippen molar-refractivity contribution in [1.29, 1.82) is 0 Å². The van der Waals surface area contributed by atoms with Gasteiger partial charge >= 0.3 is 0 Å². The molecule has 0 saturated heterocycles. The summed E-state index contributed by atoms with van der Waals surface area (Å²) >= 11 is 0. The van der Waals surface area contributed by atoms with Crippen LogP contribution in [0.4, 0.5) is 0 Å². The third kappa shape index (κ3) is 5.23. The van der Waals surface area contributed by atoms with Gasteiger partial charge in [0.05, 0.1) is 0 Å². The Morgan fingerprint density at radius 3 is 1.42 bits per heavy atom. The van der Waals surface area contributed by atoms with Crippen LogP contribution < -0.4 is 0 Å². The average Bonchev–Trinajstić information content (AvgIpc) is 2.64. The molecule has 12 heavy (non-hydrogen) atoms. The lowest BCUT2D eigenvalue weighted by molar-refractivity contribution is 1.09. The first-order valence-corrected chi connectivity index (χ1v) is 3.44. The second-order valence-electron chi connectivity index (χ2n) is 1.92. The van der Waals surface area contributed by atoms with Crippen molar-refractivity contribution >= 4 is 0 Å². The van der Waals surface area contributed by atoms with Gasteiger partial charge in [0.1, 0.15) is 0 Å². The summed E-state index contributed by atoms with van der Waals surface area (Å²) in [5.41, 5.74) is 0. The summed E-state index contributed by atoms with van der Waals surface area (Å²) in [6.07, 6.45) is 3.46. The Balaban J connectivity index is 0.000000189. The summed E-state index contributed by atoms with van der Waals surface area (Å²) in [7, 11) is 0. The molecule has 2 aromatic rings. The van der Waals surface area contributed by atoms with Gasteiger partial charge in [-0.1, -0.05) is 43.8 Å². The minimum atomic E-state index is 0. The highest BCUT2D eigenvalue weighted by Crippen LogP contribution is 1.79. The van der Waals surface area contributed by atoms with E-state index in [4.69, 9.17) is 0 Å². The Morgan fingerprint density at radius 2 is 1.25 bits per heavy atom. The van der Waals surface area contributed by atoms with E-state index in [1.807, 2.05) is 42.5 Å². The second kappa shape index (κ2) is 7.54. The number of hydrogen-bond acceptors (Lipinski definition) is 1. The van der Waals surface area contributed by atoms with Crippen LogP contribution in [0.15, 0.2) is 54.9 Å². The van der Waals surface area contributed by atoms with Gasteiger partial charge < -0.3 is 0 Å². The van der Waals surface area contributed by atoms with Gasteiger partial charge in [0.2, 0.25) is 0 Å². The highest BCUT2D eigenvalue weighted by Gasteiger charge is 1.58. The summed E-state index contributed by atoms with van der Waals surface area (Å²) in [6, 6.07) is 13.8. The molecule has 2 nitrogen and oxygen atoms in total. The minimum Gasteiger partial charge on any atom is -0.286 e. The molecule has 0 spiro atoms. The van der Waals surface area contributed by atoms with Crippen molar-refractivity contribution in [3.63, 3.8) is 0 Å². The molecule has 0 amide bonds. The monoisotopic (exact) mass is 162 g/mol. The van der Waals surface area contributed by atoms with Crippen LogP contribution in [0.3, 0.4) is 0 Å². The molecular weight excluding hydrogens is 148 g/mol. The lowest BCUT2D eigenvalue weighted by atomic mass is 10.4. The lowest BCUT2D eigenvalue weighted by Crippen LogP contribution is -1.53. The number of nitrogens with one attached hydrogen (secondary N) is 1. The van der Waals surface area contributed by atoms with Gasteiger partial charge in [0, 0.05) is 12.4 Å². The maximum Gasteiger partial charge on any atom is 0.0487 e. The Morgan fingerprint density at radius 1 is 0.750 bits per heavy atom. The van der Waals surface area contributed by atoms with E-state index in [9.17, 15) is 0 Å². The van der Waals surface area contributed by atoms with Gasteiger partial charge in [-0.25, -0.2) is 0 Å². The molecular formula is C10H14N2. The minimum absolute atomic E-state index is 0. The molecule has 1 aromatic heterocycles. The number of aromatic nitrogens is 2. The quantitative estimate of drug-likeness (QED) is 0.634. The zero-order valence-corrected chi connectivity index (χ0v) is 6.14. The number of hydrogen-bond donors (Lipinski definition) is 1. The van der Waals surface area contributed by atoms with Crippen molar-refractivity contribution in [2.45, 2.75) is 7.43 Å². The van der Waals surface area contributed by atoms with Gasteiger partial charge in [0.15, 0.2) is 0 Å². The number of H-pyrrole nitrogens is 1. The molecule has 2 heteroatoms. The lowest BCUT2D eigenvalue weighted by Gasteiger charge is -1.69. The van der Waals surface area contributed by atoms with E-state index in [1.54, 1.807) is 12.4 Å². The normalized spacial score (nSPS) is 7.33. The Labute approximate surface area is 73.3 Å². The molecule has 1 heterocycles. The van der Waals surface area contributed by atoms with Crippen LogP contribution in [0.5, 0.6) is 0 Å². The number of benzene rings is 1. The van der Waals surface area contributed by atoms with Crippen molar-refractivity contribution in [1.82, 2.24) is 10.2 Å². The van der Waals surface area contributed by atoms with E-state index in [1.165, 1.54) is 0 Å². The second-order valence-corrected chi connectivity index (χ2v) is 1.92. The van der Waals surface area contributed by atoms with Crippen molar-refractivity contribution in [3.8, 4) is 0 Å². The van der Waals surface area contributed by atoms with Gasteiger partial charge in [-0.3, -0.25) is 5.10 Å². The molecule has 1 N–H and O–H groups in total. The number of aromatic amines is 1. The van der Waals surface area contributed by atoms with Crippen LogP contribution in [-0.2, 0) is 0 Å². The molecule has 0 bridgehead atoms. The van der Waals surface area contributed by atoms with E-state index in [0.29, 0.717) is 0 Å². The first kappa shape index (κ1) is 10.4. The topological polar surface area (TPSA) is 28.7 Å². The summed E-state index contributed by atoms with van der Waals surface area (Å²) in [5.74, 6) is 0. The summed E-state index contributed by atoms with van der Waals surface area (Å²) in [5, 5.41) is 6.21. The van der Waals surface area contributed by atoms with E-state index in [2.05, 4.69) is 10.2 Å². The van der Waals surface area contributed by atoms with E-state index in [0.717, 1.165) is 0 Å². The van der Waals surface area contributed by atoms with E-state index in [-0.39, 0.29) is 7.43 Å². The Bertz CT molecular complexity index is 194. The Kier molecular flexibility index (Phi) is 6.55. The maximum atomic E-state index is 3.60. The smallest absolute Gasteiger partial charge is 0.0487 e. The molecule has 64 valence electrons. The van der Waals surface area contributed by atoms with Gasteiger partial charge in [0.25, 0.3) is 0 Å². The fourth-order valence-corrected chi connectivity index (χ4v) is 0.600. The predicted molar refractivity (Wildman–Crippen MR) is 51.8 cm³/mol. The van der Waals surface area contributed by atoms with Crippen LogP contribution in [-0.4, -0.2) is 10.2 Å². The molecule has 0 aliphatic heterocycles. The van der Waals surface area contributed by atoms with Crippen LogP contribution in [0.25, 0.3) is 0 Å². The molecule has 2 rings (SSSR count). The first-order valence-electron chi connectivity index (χ1n) is 3.44. The molecule has 0 unspecified atom stereocenters. The molecule has 0 saturated carbocycles. The van der Waals surface area contributed by atoms with Gasteiger partial charge in [-0.05, 0) is 6.07 Å². The molecule has 0 fully saturated rings. The first-order chi connectivity index (χ1) is 5.50. The van der Waals surface area contributed by atoms with Crippen LogP contribution >= 0.6 is 0 Å². The van der Waals surface area contributed by atoms with E-state index < -0.39 is 0 Å². The highest BCUT2D eigenvalue weighted by atomic mass is 15.1. The summed E-state index contributed by atoms with van der Waals surface area (Å²) in [4.78, 5) is 0. The SMILES string of the molecule is C.c1ccccc1.c1cn[nH]c1. The van der Waals surface area contributed by atoms with Crippen molar-refractivity contribution in [2.75, 3.05) is 0 Å². The maximum absolute atomic E-state index is 3.60. The molecule has 0 aliphatic carbocycles. The van der Waals surface area contributed by atoms with Crippen LogP contribution in [0.1, 0.15) is 7.43 Å². The van der Waals surface area contributed by atoms with Crippen molar-refractivity contribution < 1.29 is 0 Å². The fraction of sp³-hybridized carbons (Fsp3) is 0.100. The van der Waals surface area contributed by atoms with Gasteiger partial charge in [-0.15, -0.1) is 0 Å². The van der Waals surface area contributed by atoms with Crippen molar-refractivity contribution in [3.05, 3.63) is 54.9 Å². The summed E-state index contributed by atoms with van der Waals surface area (Å²) < 4.78 is 0. The number of rotatable bonds is 0.